The first-order chi connectivity index (χ1) is 18.4. The second-order valence-electron chi connectivity index (χ2n) is 8.90. The van der Waals surface area contributed by atoms with Crippen molar-refractivity contribution < 1.29 is 17.6 Å². The number of pyridine rings is 2. The fourth-order valence-corrected chi connectivity index (χ4v) is 4.20. The van der Waals surface area contributed by atoms with Crippen LogP contribution in [0.25, 0.3) is 33.6 Å². The Kier molecular flexibility index (Phi) is 7.31. The van der Waals surface area contributed by atoms with E-state index in [0.29, 0.717) is 33.4 Å². The van der Waals surface area contributed by atoms with Crippen molar-refractivity contribution in [3.63, 3.8) is 0 Å². The first-order valence-corrected chi connectivity index (χ1v) is 12.0. The third kappa shape index (κ3) is 5.49. The Hall–Kier alpha value is -4.32. The van der Waals surface area contributed by atoms with Crippen LogP contribution in [0.15, 0.2) is 64.2 Å². The van der Waals surface area contributed by atoms with Crippen LogP contribution < -0.4 is 5.69 Å². The molecule has 0 unspecified atom stereocenters. The second-order valence-corrected chi connectivity index (χ2v) is 8.90. The van der Waals surface area contributed by atoms with Crippen molar-refractivity contribution in [3.05, 3.63) is 82.9 Å². The van der Waals surface area contributed by atoms with Crippen molar-refractivity contribution in [1.82, 2.24) is 34.6 Å². The van der Waals surface area contributed by atoms with E-state index in [9.17, 15) is 18.0 Å². The van der Waals surface area contributed by atoms with Gasteiger partial charge in [0, 0.05) is 35.8 Å². The average Bonchev–Trinajstić information content (AvgIpc) is 3.67. The fourth-order valence-electron chi connectivity index (χ4n) is 4.20. The van der Waals surface area contributed by atoms with E-state index in [4.69, 9.17) is 4.42 Å². The molecular weight excluding hydrogens is 499 g/mol. The summed E-state index contributed by atoms with van der Waals surface area (Å²) in [6, 6.07) is 9.43. The van der Waals surface area contributed by atoms with Crippen molar-refractivity contribution in [3.8, 4) is 22.6 Å². The van der Waals surface area contributed by atoms with Gasteiger partial charge in [-0.2, -0.15) is 8.78 Å². The number of rotatable bonds is 5. The van der Waals surface area contributed by atoms with E-state index in [1.165, 1.54) is 42.8 Å². The average molecular weight is 524 g/mol. The van der Waals surface area contributed by atoms with Crippen LogP contribution in [0.2, 0.25) is 0 Å². The van der Waals surface area contributed by atoms with E-state index in [0.717, 1.165) is 0 Å². The first-order valence-electron chi connectivity index (χ1n) is 12.0. The number of likely N-dealkylation sites (tertiary alicyclic amines) is 1. The molecule has 38 heavy (non-hydrogen) atoms. The highest BCUT2D eigenvalue weighted by atomic mass is 19.3. The summed E-state index contributed by atoms with van der Waals surface area (Å²) in [5.41, 5.74) is 2.18. The van der Waals surface area contributed by atoms with Crippen LogP contribution in [-0.2, 0) is 6.54 Å². The summed E-state index contributed by atoms with van der Waals surface area (Å²) in [6.07, 6.45) is 4.47. The monoisotopic (exact) mass is 523 g/mol. The molecule has 1 fully saturated rings. The number of imidazole rings is 1. The predicted octanol–water partition coefficient (Wildman–Crippen LogP) is 4.67. The van der Waals surface area contributed by atoms with E-state index in [1.807, 2.05) is 0 Å². The van der Waals surface area contributed by atoms with Crippen LogP contribution in [0.1, 0.15) is 30.9 Å². The Balaban J connectivity index is 0.000000433. The molecule has 12 heteroatoms. The van der Waals surface area contributed by atoms with Crippen molar-refractivity contribution in [2.24, 2.45) is 0 Å². The number of hydrogen-bond acceptors (Lipinski definition) is 7. The van der Waals surface area contributed by atoms with Gasteiger partial charge in [-0.25, -0.2) is 9.18 Å². The number of halogens is 3. The Morgan fingerprint density at radius 2 is 1.89 bits per heavy atom. The van der Waals surface area contributed by atoms with Crippen LogP contribution in [0.3, 0.4) is 0 Å². The number of nitrogens with one attached hydrogen (secondary N) is 1. The molecule has 0 aliphatic carbocycles. The van der Waals surface area contributed by atoms with Gasteiger partial charge < -0.3 is 14.3 Å². The van der Waals surface area contributed by atoms with E-state index < -0.39 is 23.8 Å². The minimum atomic E-state index is -2.86. The summed E-state index contributed by atoms with van der Waals surface area (Å²) in [5, 5.41) is 6.84. The van der Waals surface area contributed by atoms with Crippen molar-refractivity contribution in [2.45, 2.75) is 25.8 Å². The minimum Gasteiger partial charge on any atom is -0.415 e. The zero-order valence-electron chi connectivity index (χ0n) is 20.4. The van der Waals surface area contributed by atoms with Crippen molar-refractivity contribution >= 4 is 11.0 Å². The molecule has 1 N–H and O–H groups in total. The van der Waals surface area contributed by atoms with Gasteiger partial charge in [-0.3, -0.25) is 14.5 Å². The molecule has 0 spiro atoms. The molecule has 5 heterocycles. The molecule has 0 saturated carbocycles. The third-order valence-corrected chi connectivity index (χ3v) is 6.18. The number of alkyl halides is 2. The molecule has 1 aromatic carbocycles. The predicted molar refractivity (Wildman–Crippen MR) is 134 cm³/mol. The minimum absolute atomic E-state index is 0.0664. The number of aromatic amines is 1. The van der Waals surface area contributed by atoms with Crippen LogP contribution in [0.4, 0.5) is 13.2 Å². The highest BCUT2D eigenvalue weighted by Gasteiger charge is 2.18. The maximum Gasteiger partial charge on any atom is 0.326 e. The lowest BCUT2D eigenvalue weighted by atomic mass is 10.1. The Morgan fingerprint density at radius 1 is 1.08 bits per heavy atom. The van der Waals surface area contributed by atoms with Crippen LogP contribution in [0.5, 0.6) is 0 Å². The number of fused-ring (bicyclic) bond motifs is 1. The normalized spacial score (nSPS) is 13.7. The Labute approximate surface area is 215 Å². The lowest BCUT2D eigenvalue weighted by Gasteiger charge is -2.06. The number of benzene rings is 1. The summed E-state index contributed by atoms with van der Waals surface area (Å²) in [7, 11) is 2.17. The third-order valence-electron chi connectivity index (χ3n) is 6.18. The SMILES string of the molecule is CN1CCCC1.O=c1[nH]c2cc(-c3cccnc3)c(F)cc2n1Cc1ccc(-c2nnc(C(F)F)o2)cn1. The van der Waals surface area contributed by atoms with Crippen LogP contribution in [-0.4, -0.2) is 54.8 Å². The zero-order chi connectivity index (χ0) is 26.6. The molecular formula is C26H24F3N7O2. The lowest BCUT2D eigenvalue weighted by molar-refractivity contribution is 0.116. The molecule has 196 valence electrons. The van der Waals surface area contributed by atoms with Crippen molar-refractivity contribution in [1.29, 1.82) is 0 Å². The van der Waals surface area contributed by atoms with Crippen molar-refractivity contribution in [2.75, 3.05) is 20.1 Å². The van der Waals surface area contributed by atoms with Gasteiger partial charge in [0.2, 0.25) is 5.89 Å². The number of H-pyrrole nitrogens is 1. The number of hydrogen-bond donors (Lipinski definition) is 1. The van der Waals surface area contributed by atoms with E-state index in [-0.39, 0.29) is 12.4 Å². The largest absolute Gasteiger partial charge is 0.415 e. The molecule has 9 nitrogen and oxygen atoms in total. The smallest absolute Gasteiger partial charge is 0.326 e. The Morgan fingerprint density at radius 3 is 2.50 bits per heavy atom. The first kappa shape index (κ1) is 25.3. The molecule has 1 aliphatic heterocycles. The molecule has 0 radical (unpaired) electrons. The van der Waals surface area contributed by atoms with Gasteiger partial charge in [0.25, 0.3) is 5.89 Å². The summed E-state index contributed by atoms with van der Waals surface area (Å²) < 4.78 is 46.3. The van der Waals surface area contributed by atoms with Gasteiger partial charge in [0.15, 0.2) is 0 Å². The molecule has 1 saturated heterocycles. The highest BCUT2D eigenvalue weighted by molar-refractivity contribution is 5.82. The molecule has 0 atom stereocenters. The summed E-state index contributed by atoms with van der Waals surface area (Å²) in [6.45, 7) is 2.71. The molecule has 1 aliphatic rings. The number of aromatic nitrogens is 6. The standard InChI is InChI=1S/C21H13F3N6O2.C5H11N/c22-15-7-17-16(6-14(15)11-2-1-5-25-8-11)27-21(31)30(17)10-13-4-3-12(9-26-13)19-28-29-20(32-19)18(23)24;1-6-4-2-3-5-6/h1-9,18H,10H2,(H,27,31);2-5H2,1H3. The van der Waals surface area contributed by atoms with Gasteiger partial charge in [0.1, 0.15) is 5.82 Å². The summed E-state index contributed by atoms with van der Waals surface area (Å²) in [5.74, 6) is -1.36. The topological polar surface area (TPSA) is 106 Å². The molecule has 6 rings (SSSR count). The van der Waals surface area contributed by atoms with Gasteiger partial charge in [-0.1, -0.05) is 6.07 Å². The van der Waals surface area contributed by atoms with E-state index in [1.54, 1.807) is 42.7 Å². The maximum absolute atomic E-state index is 14.8. The second kappa shape index (κ2) is 11.0. The quantitative estimate of drug-likeness (QED) is 0.357. The van der Waals surface area contributed by atoms with Crippen LogP contribution >= 0.6 is 0 Å². The zero-order valence-corrected chi connectivity index (χ0v) is 20.4. The number of nitrogens with zero attached hydrogens (tertiary/aromatic N) is 6. The highest BCUT2D eigenvalue weighted by Crippen LogP contribution is 2.27. The van der Waals surface area contributed by atoms with Gasteiger partial charge in [-0.05, 0) is 57.2 Å². The van der Waals surface area contributed by atoms with E-state index >= 15 is 0 Å². The Bertz CT molecular complexity index is 1570. The summed E-state index contributed by atoms with van der Waals surface area (Å²) in [4.78, 5) is 25.8. The molecule has 0 bridgehead atoms. The van der Waals surface area contributed by atoms with E-state index in [2.05, 4.69) is 37.1 Å². The fraction of sp³-hybridized carbons (Fsp3) is 0.269. The molecule has 4 aromatic heterocycles. The van der Waals surface area contributed by atoms with Crippen LogP contribution in [0, 0.1) is 5.82 Å². The summed E-state index contributed by atoms with van der Waals surface area (Å²) >= 11 is 0. The molecule has 0 amide bonds. The van der Waals surface area contributed by atoms with Gasteiger partial charge in [-0.15, -0.1) is 10.2 Å². The lowest BCUT2D eigenvalue weighted by Crippen LogP contribution is -2.17. The molecule has 5 aromatic rings. The van der Waals surface area contributed by atoms with Gasteiger partial charge in [0.05, 0.1) is 28.8 Å². The maximum atomic E-state index is 14.8. The van der Waals surface area contributed by atoms with Gasteiger partial charge >= 0.3 is 12.1 Å².